The average Bonchev–Trinajstić information content (AvgIpc) is 3.42. The Bertz CT molecular complexity index is 1070. The van der Waals surface area contributed by atoms with Gasteiger partial charge in [0.1, 0.15) is 0 Å². The van der Waals surface area contributed by atoms with Crippen LogP contribution in [0.2, 0.25) is 0 Å². The van der Waals surface area contributed by atoms with Crippen molar-refractivity contribution in [2.24, 2.45) is 0 Å². The highest BCUT2D eigenvalue weighted by atomic mass is 32.1. The number of aromatic nitrogens is 1. The Morgan fingerprint density at radius 2 is 1.90 bits per heavy atom. The molecule has 0 N–H and O–H groups in total. The number of thiazole rings is 1. The highest BCUT2D eigenvalue weighted by Gasteiger charge is 2.21. The minimum absolute atomic E-state index is 0.0329. The van der Waals surface area contributed by atoms with Gasteiger partial charge in [-0.3, -0.25) is 14.6 Å². The second-order valence-corrected chi connectivity index (χ2v) is 8.29. The molecule has 0 spiro atoms. The van der Waals surface area contributed by atoms with Crippen LogP contribution >= 0.6 is 11.3 Å². The largest absolute Gasteiger partial charge is 0.454 e. The average molecular weight is 438 g/mol. The number of fused-ring (bicyclic) bond motifs is 1. The highest BCUT2D eigenvalue weighted by molar-refractivity contribution is 7.14. The summed E-state index contributed by atoms with van der Waals surface area (Å²) in [6, 6.07) is 14.1. The number of hydrogen-bond donors (Lipinski definition) is 0. The number of aryl methyl sites for hydroxylation is 1. The Labute approximate surface area is 187 Å². The molecule has 1 aromatic heterocycles. The first kappa shape index (κ1) is 21.3. The van der Waals surface area contributed by atoms with E-state index in [0.717, 1.165) is 48.0 Å². The Morgan fingerprint density at radius 3 is 2.68 bits per heavy atom. The van der Waals surface area contributed by atoms with Gasteiger partial charge in [0, 0.05) is 25.4 Å². The number of ether oxygens (including phenoxy) is 2. The maximum Gasteiger partial charge on any atom is 0.231 e. The van der Waals surface area contributed by atoms with Crippen LogP contribution < -0.4 is 14.4 Å². The van der Waals surface area contributed by atoms with Gasteiger partial charge in [-0.2, -0.15) is 0 Å². The third kappa shape index (κ3) is 4.73. The van der Waals surface area contributed by atoms with Crippen LogP contribution in [-0.2, 0) is 24.3 Å². The molecule has 0 fully saturated rings. The molecule has 1 amide bonds. The van der Waals surface area contributed by atoms with Gasteiger partial charge < -0.3 is 9.47 Å². The Balaban J connectivity index is 1.51. The van der Waals surface area contributed by atoms with E-state index in [1.807, 2.05) is 35.7 Å². The lowest BCUT2D eigenvalue weighted by Gasteiger charge is -2.21. The van der Waals surface area contributed by atoms with Gasteiger partial charge in [-0.05, 0) is 42.3 Å². The molecule has 1 aliphatic rings. The number of carbonyl (C=O) groups is 1. The van der Waals surface area contributed by atoms with Crippen molar-refractivity contribution in [3.05, 3.63) is 64.7 Å². The fraction of sp³-hybridized carbons (Fsp3) is 0.333. The number of anilines is 2. The maximum absolute atomic E-state index is 12.5. The van der Waals surface area contributed by atoms with Gasteiger partial charge in [0.15, 0.2) is 16.6 Å². The third-order valence-corrected chi connectivity index (χ3v) is 6.21. The van der Waals surface area contributed by atoms with Crippen molar-refractivity contribution in [2.75, 3.05) is 18.2 Å². The second-order valence-electron chi connectivity index (χ2n) is 7.45. The number of carbonyl (C=O) groups excluding carboxylic acids is 1. The van der Waals surface area contributed by atoms with Gasteiger partial charge in [-0.1, -0.05) is 38.1 Å². The smallest absolute Gasteiger partial charge is 0.231 e. The number of hydrogen-bond acceptors (Lipinski definition) is 6. The van der Waals surface area contributed by atoms with E-state index in [9.17, 15) is 4.79 Å². The Kier molecular flexibility index (Phi) is 6.53. The molecular weight excluding hydrogens is 410 g/mol. The predicted molar refractivity (Wildman–Crippen MR) is 123 cm³/mol. The van der Waals surface area contributed by atoms with Crippen molar-refractivity contribution < 1.29 is 14.3 Å². The molecule has 0 aliphatic carbocycles. The van der Waals surface area contributed by atoms with E-state index in [1.165, 1.54) is 16.9 Å². The van der Waals surface area contributed by atoms with Gasteiger partial charge in [0.05, 0.1) is 11.4 Å². The van der Waals surface area contributed by atoms with E-state index in [2.05, 4.69) is 30.9 Å². The quantitative estimate of drug-likeness (QED) is 0.488. The Morgan fingerprint density at radius 1 is 1.10 bits per heavy atom. The lowest BCUT2D eigenvalue weighted by molar-refractivity contribution is -0.115. The summed E-state index contributed by atoms with van der Waals surface area (Å²) in [6.07, 6.45) is 0.858. The molecule has 0 bridgehead atoms. The summed E-state index contributed by atoms with van der Waals surface area (Å²) in [4.78, 5) is 21.3. The second kappa shape index (κ2) is 9.49. The zero-order valence-electron chi connectivity index (χ0n) is 18.1. The summed E-state index contributed by atoms with van der Waals surface area (Å²) in [6.45, 7) is 8.49. The molecule has 0 radical (unpaired) electrons. The molecule has 0 unspecified atom stereocenters. The van der Waals surface area contributed by atoms with Gasteiger partial charge in [-0.15, -0.1) is 11.3 Å². The molecule has 1 aliphatic heterocycles. The lowest BCUT2D eigenvalue weighted by atomic mass is 10.1. The summed E-state index contributed by atoms with van der Waals surface area (Å²) < 4.78 is 10.9. The molecule has 0 atom stereocenters. The molecule has 2 heterocycles. The molecule has 162 valence electrons. The Hall–Kier alpha value is -2.90. The monoisotopic (exact) mass is 437 g/mol. The molecule has 31 heavy (non-hydrogen) atoms. The third-order valence-electron chi connectivity index (χ3n) is 5.34. The van der Waals surface area contributed by atoms with Gasteiger partial charge in [-0.25, -0.2) is 4.98 Å². The molecule has 6 nitrogen and oxygen atoms in total. The zero-order chi connectivity index (χ0) is 21.8. The number of para-hydroxylation sites is 1. The summed E-state index contributed by atoms with van der Waals surface area (Å²) in [7, 11) is 0. The normalized spacial score (nSPS) is 12.4. The van der Waals surface area contributed by atoms with Crippen molar-refractivity contribution in [3.8, 4) is 11.5 Å². The van der Waals surface area contributed by atoms with E-state index >= 15 is 0 Å². The molecule has 0 saturated heterocycles. The predicted octanol–water partition coefficient (Wildman–Crippen LogP) is 5.14. The van der Waals surface area contributed by atoms with Crippen molar-refractivity contribution in [1.82, 2.24) is 9.88 Å². The number of benzene rings is 2. The van der Waals surface area contributed by atoms with E-state index in [0.29, 0.717) is 11.7 Å². The fourth-order valence-electron chi connectivity index (χ4n) is 3.71. The summed E-state index contributed by atoms with van der Waals surface area (Å²) >= 11 is 1.51. The van der Waals surface area contributed by atoms with Crippen LogP contribution in [0.5, 0.6) is 11.5 Å². The van der Waals surface area contributed by atoms with Crippen LogP contribution in [0.1, 0.15) is 37.6 Å². The van der Waals surface area contributed by atoms with E-state index in [-0.39, 0.29) is 12.7 Å². The van der Waals surface area contributed by atoms with Crippen molar-refractivity contribution in [1.29, 1.82) is 0 Å². The number of amides is 1. The van der Waals surface area contributed by atoms with Crippen LogP contribution in [0.3, 0.4) is 0 Å². The van der Waals surface area contributed by atoms with Gasteiger partial charge in [0.25, 0.3) is 0 Å². The molecule has 0 saturated carbocycles. The highest BCUT2D eigenvalue weighted by Crippen LogP contribution is 2.34. The standard InChI is InChI=1S/C24H27N3O3S/c1-4-19-8-6-7-9-21(19)27(17(3)28)24-25-20(15-31-24)14-26(5-2)13-18-10-11-22-23(12-18)30-16-29-22/h6-12,15H,4-5,13-14,16H2,1-3H3. The van der Waals surface area contributed by atoms with Crippen LogP contribution in [0.15, 0.2) is 47.8 Å². The minimum atomic E-state index is -0.0329. The summed E-state index contributed by atoms with van der Waals surface area (Å²) in [5.74, 6) is 1.57. The molecule has 3 aromatic rings. The van der Waals surface area contributed by atoms with E-state index in [1.54, 1.807) is 11.8 Å². The maximum atomic E-state index is 12.5. The van der Waals surface area contributed by atoms with E-state index in [4.69, 9.17) is 14.5 Å². The van der Waals surface area contributed by atoms with Crippen LogP contribution in [0.25, 0.3) is 0 Å². The van der Waals surface area contributed by atoms with Gasteiger partial charge in [0.2, 0.25) is 12.7 Å². The fourth-order valence-corrected chi connectivity index (χ4v) is 4.58. The van der Waals surface area contributed by atoms with Crippen LogP contribution in [0.4, 0.5) is 10.8 Å². The molecule has 4 rings (SSSR count). The number of nitrogens with zero attached hydrogens (tertiary/aromatic N) is 3. The minimum Gasteiger partial charge on any atom is -0.454 e. The summed E-state index contributed by atoms with van der Waals surface area (Å²) in [5.41, 5.74) is 4.17. The summed E-state index contributed by atoms with van der Waals surface area (Å²) in [5, 5.41) is 2.75. The van der Waals surface area contributed by atoms with E-state index < -0.39 is 0 Å². The van der Waals surface area contributed by atoms with Crippen LogP contribution in [-0.4, -0.2) is 29.1 Å². The SMILES string of the molecule is CCc1ccccc1N(C(C)=O)c1nc(CN(CC)Cc2ccc3c(c2)OCO3)cs1. The topological polar surface area (TPSA) is 54.9 Å². The zero-order valence-corrected chi connectivity index (χ0v) is 18.9. The van der Waals surface area contributed by atoms with Crippen molar-refractivity contribution in [2.45, 2.75) is 40.3 Å². The van der Waals surface area contributed by atoms with Crippen molar-refractivity contribution >= 4 is 28.1 Å². The molecule has 7 heteroatoms. The van der Waals surface area contributed by atoms with Crippen molar-refractivity contribution in [3.63, 3.8) is 0 Å². The first-order chi connectivity index (χ1) is 15.1. The first-order valence-electron chi connectivity index (χ1n) is 10.5. The molecule has 2 aromatic carbocycles. The van der Waals surface area contributed by atoms with Crippen LogP contribution in [0, 0.1) is 0 Å². The lowest BCUT2D eigenvalue weighted by Crippen LogP contribution is -2.24. The molecular formula is C24H27N3O3S. The number of rotatable bonds is 8. The van der Waals surface area contributed by atoms with Gasteiger partial charge >= 0.3 is 0 Å². The first-order valence-corrected chi connectivity index (χ1v) is 11.4.